The zero-order valence-corrected chi connectivity index (χ0v) is 17.2. The fraction of sp³-hybridized carbons (Fsp3) is 0.278. The highest BCUT2D eigenvalue weighted by atomic mass is 32.1. The predicted octanol–water partition coefficient (Wildman–Crippen LogP) is 3.81. The monoisotopic (exact) mass is 435 g/mol. The zero-order chi connectivity index (χ0) is 22.7. The summed E-state index contributed by atoms with van der Waals surface area (Å²) in [5.74, 6) is -2.00. The van der Waals surface area contributed by atoms with Crippen molar-refractivity contribution in [2.45, 2.75) is 27.7 Å². The molecule has 0 saturated heterocycles. The number of esters is 1. The van der Waals surface area contributed by atoms with Crippen LogP contribution in [0.2, 0.25) is 0 Å². The number of thiophene rings is 1. The van der Waals surface area contributed by atoms with Crippen LogP contribution in [0.3, 0.4) is 0 Å². The van der Waals surface area contributed by atoms with Gasteiger partial charge in [-0.05, 0) is 33.3 Å². The smallest absolute Gasteiger partial charge is 0.341 e. The van der Waals surface area contributed by atoms with Gasteiger partial charge in [0.05, 0.1) is 32.5 Å². The predicted molar refractivity (Wildman–Crippen MR) is 107 cm³/mol. The highest BCUT2D eigenvalue weighted by molar-refractivity contribution is 7.18. The minimum Gasteiger partial charge on any atom is -0.462 e. The largest absolute Gasteiger partial charge is 0.462 e. The van der Waals surface area contributed by atoms with Crippen molar-refractivity contribution in [2.24, 2.45) is 0 Å². The van der Waals surface area contributed by atoms with Crippen LogP contribution >= 0.6 is 11.3 Å². The zero-order valence-electron chi connectivity index (χ0n) is 16.4. The molecule has 0 atom stereocenters. The van der Waals surface area contributed by atoms with Gasteiger partial charge in [0.1, 0.15) is 10.6 Å². The van der Waals surface area contributed by atoms with Crippen LogP contribution < -0.4 is 5.32 Å². The normalized spacial score (nSPS) is 10.4. The second kappa shape index (κ2) is 8.78. The fourth-order valence-corrected chi connectivity index (χ4v) is 3.84. The molecular formula is C18H17N3O8S. The van der Waals surface area contributed by atoms with Crippen LogP contribution in [0, 0.1) is 34.1 Å². The lowest BCUT2D eigenvalue weighted by atomic mass is 10.1. The van der Waals surface area contributed by atoms with Crippen LogP contribution in [0.1, 0.15) is 55.4 Å². The lowest BCUT2D eigenvalue weighted by Crippen LogP contribution is -2.15. The number of hydrogen-bond acceptors (Lipinski definition) is 9. The van der Waals surface area contributed by atoms with Crippen LogP contribution in [-0.2, 0) is 4.74 Å². The molecule has 1 amide bonds. The van der Waals surface area contributed by atoms with Crippen LogP contribution in [-0.4, -0.2) is 34.1 Å². The summed E-state index contributed by atoms with van der Waals surface area (Å²) >= 11 is 0.845. The van der Waals surface area contributed by atoms with Gasteiger partial charge in [0.15, 0.2) is 5.78 Å². The minimum atomic E-state index is -0.914. The van der Waals surface area contributed by atoms with E-state index in [1.165, 1.54) is 20.8 Å². The molecule has 0 aliphatic rings. The van der Waals surface area contributed by atoms with E-state index in [1.807, 2.05) is 0 Å². The number of hydrogen-bond donors (Lipinski definition) is 1. The fourth-order valence-electron chi connectivity index (χ4n) is 2.76. The van der Waals surface area contributed by atoms with Crippen LogP contribution in [0.15, 0.2) is 12.1 Å². The average molecular weight is 435 g/mol. The Bertz CT molecular complexity index is 1050. The Kier molecular flexibility index (Phi) is 6.62. The molecule has 0 bridgehead atoms. The second-order valence-electron chi connectivity index (χ2n) is 6.14. The molecule has 0 aliphatic carbocycles. The van der Waals surface area contributed by atoms with E-state index in [0.29, 0.717) is 5.56 Å². The molecule has 30 heavy (non-hydrogen) atoms. The Hall–Kier alpha value is -3.67. The van der Waals surface area contributed by atoms with Gasteiger partial charge in [-0.1, -0.05) is 0 Å². The highest BCUT2D eigenvalue weighted by Crippen LogP contribution is 2.35. The molecule has 2 aromatic rings. The number of nitrogens with one attached hydrogen (secondary N) is 1. The van der Waals surface area contributed by atoms with Crippen LogP contribution in [0.4, 0.5) is 16.4 Å². The first-order chi connectivity index (χ1) is 14.0. The molecule has 11 nitrogen and oxygen atoms in total. The van der Waals surface area contributed by atoms with Crippen molar-refractivity contribution in [3.05, 3.63) is 59.5 Å². The number of ketones is 1. The van der Waals surface area contributed by atoms with Gasteiger partial charge in [-0.25, -0.2) is 4.79 Å². The van der Waals surface area contributed by atoms with Crippen molar-refractivity contribution in [1.82, 2.24) is 0 Å². The van der Waals surface area contributed by atoms with E-state index in [9.17, 15) is 34.6 Å². The number of benzene rings is 1. The van der Waals surface area contributed by atoms with Gasteiger partial charge in [-0.15, -0.1) is 11.3 Å². The molecule has 0 fully saturated rings. The first kappa shape index (κ1) is 22.6. The van der Waals surface area contributed by atoms with Gasteiger partial charge in [-0.2, -0.15) is 0 Å². The number of rotatable bonds is 7. The van der Waals surface area contributed by atoms with Crippen LogP contribution in [0.5, 0.6) is 0 Å². The summed E-state index contributed by atoms with van der Waals surface area (Å²) < 4.78 is 4.97. The van der Waals surface area contributed by atoms with Gasteiger partial charge >= 0.3 is 5.97 Å². The molecule has 2 rings (SSSR count). The van der Waals surface area contributed by atoms with Crippen molar-refractivity contribution in [3.8, 4) is 0 Å². The van der Waals surface area contributed by atoms with E-state index in [1.54, 1.807) is 6.92 Å². The van der Waals surface area contributed by atoms with Gasteiger partial charge < -0.3 is 10.1 Å². The molecular weight excluding hydrogens is 418 g/mol. The van der Waals surface area contributed by atoms with Crippen molar-refractivity contribution in [1.29, 1.82) is 0 Å². The Morgan fingerprint density at radius 3 is 2.03 bits per heavy atom. The number of nitro benzene ring substituents is 2. The summed E-state index contributed by atoms with van der Waals surface area (Å²) in [4.78, 5) is 57.9. The molecule has 12 heteroatoms. The van der Waals surface area contributed by atoms with Crippen molar-refractivity contribution >= 4 is 45.4 Å². The van der Waals surface area contributed by atoms with E-state index >= 15 is 0 Å². The van der Waals surface area contributed by atoms with Gasteiger partial charge in [0.25, 0.3) is 17.3 Å². The number of ether oxygens (including phenoxy) is 1. The van der Waals surface area contributed by atoms with E-state index in [2.05, 4.69) is 5.32 Å². The van der Waals surface area contributed by atoms with E-state index in [-0.39, 0.29) is 39.0 Å². The number of nitro groups is 2. The highest BCUT2D eigenvalue weighted by Gasteiger charge is 2.28. The summed E-state index contributed by atoms with van der Waals surface area (Å²) in [6.07, 6.45) is 0. The van der Waals surface area contributed by atoms with E-state index < -0.39 is 33.1 Å². The lowest BCUT2D eigenvalue weighted by Gasteiger charge is -2.08. The van der Waals surface area contributed by atoms with Crippen LogP contribution in [0.25, 0.3) is 0 Å². The molecule has 0 saturated carbocycles. The molecule has 0 radical (unpaired) electrons. The number of carbonyl (C=O) groups excluding carboxylic acids is 3. The minimum absolute atomic E-state index is 0.00651. The second-order valence-corrected chi connectivity index (χ2v) is 7.17. The molecule has 1 heterocycles. The van der Waals surface area contributed by atoms with E-state index in [4.69, 9.17) is 4.74 Å². The molecule has 0 unspecified atom stereocenters. The molecule has 158 valence electrons. The van der Waals surface area contributed by atoms with Crippen molar-refractivity contribution < 1.29 is 29.0 Å². The number of anilines is 1. The summed E-state index contributed by atoms with van der Waals surface area (Å²) in [5, 5.41) is 24.9. The average Bonchev–Trinajstić information content (AvgIpc) is 2.97. The quantitative estimate of drug-likeness (QED) is 0.297. The number of Topliss-reactive ketones (excluding diaryl/α,β-unsaturated/α-hetero) is 1. The molecule has 1 aromatic carbocycles. The maximum atomic E-state index is 12.7. The van der Waals surface area contributed by atoms with Crippen molar-refractivity contribution in [2.75, 3.05) is 11.9 Å². The van der Waals surface area contributed by atoms with Gasteiger partial charge in [-0.3, -0.25) is 29.8 Å². The molecule has 0 aliphatic heterocycles. The Morgan fingerprint density at radius 1 is 1.07 bits per heavy atom. The SMILES string of the molecule is CCOC(=O)c1c(NC(=O)c2cc([N+](=O)[O-])c(C)c([N+](=O)[O-])c2)sc(C(C)=O)c1C. The molecule has 1 aromatic heterocycles. The number of carbonyl (C=O) groups is 3. The summed E-state index contributed by atoms with van der Waals surface area (Å²) in [7, 11) is 0. The first-order valence-corrected chi connectivity index (χ1v) is 9.37. The lowest BCUT2D eigenvalue weighted by molar-refractivity contribution is -0.395. The topological polar surface area (TPSA) is 159 Å². The molecule has 0 spiro atoms. The Labute approximate surface area is 174 Å². The maximum absolute atomic E-state index is 12.7. The number of amides is 1. The summed E-state index contributed by atoms with van der Waals surface area (Å²) in [6, 6.07) is 1.82. The Balaban J connectivity index is 2.56. The number of nitrogens with zero attached hydrogens (tertiary/aromatic N) is 2. The standard InChI is InChI=1S/C18H17N3O8S/c1-5-29-18(24)14-9(3)15(10(4)22)30-17(14)19-16(23)11-6-12(20(25)26)8(2)13(7-11)21(27)28/h6-7H,5H2,1-4H3,(H,19,23). The Morgan fingerprint density at radius 2 is 1.60 bits per heavy atom. The third-order valence-corrected chi connectivity index (χ3v) is 5.49. The maximum Gasteiger partial charge on any atom is 0.341 e. The van der Waals surface area contributed by atoms with Crippen molar-refractivity contribution in [3.63, 3.8) is 0 Å². The summed E-state index contributed by atoms with van der Waals surface area (Å²) in [5.41, 5.74) is -1.42. The molecule has 1 N–H and O–H groups in total. The van der Waals surface area contributed by atoms with Gasteiger partial charge in [0, 0.05) is 12.1 Å². The summed E-state index contributed by atoms with van der Waals surface area (Å²) in [6.45, 7) is 5.68. The van der Waals surface area contributed by atoms with Gasteiger partial charge in [0.2, 0.25) is 0 Å². The third-order valence-electron chi connectivity index (χ3n) is 4.18. The third kappa shape index (κ3) is 4.33. The first-order valence-electron chi connectivity index (χ1n) is 8.55. The van der Waals surface area contributed by atoms with E-state index in [0.717, 1.165) is 23.5 Å².